The second-order valence-electron chi connectivity index (χ2n) is 4.22. The van der Waals surface area contributed by atoms with E-state index in [0.717, 1.165) is 11.6 Å². The minimum absolute atomic E-state index is 0.177. The van der Waals surface area contributed by atoms with Crippen molar-refractivity contribution in [1.29, 1.82) is 0 Å². The van der Waals surface area contributed by atoms with E-state index in [4.69, 9.17) is 10.5 Å². The molecule has 19 heavy (non-hydrogen) atoms. The zero-order valence-corrected chi connectivity index (χ0v) is 10.6. The highest BCUT2D eigenvalue weighted by Gasteiger charge is 2.09. The number of aryl methyl sites for hydroxylation is 1. The molecule has 0 fully saturated rings. The van der Waals surface area contributed by atoms with Crippen molar-refractivity contribution in [1.82, 2.24) is 0 Å². The number of benzene rings is 2. The van der Waals surface area contributed by atoms with Crippen LogP contribution >= 0.6 is 0 Å². The number of hydrogen-bond donors (Lipinski definition) is 2. The van der Waals surface area contributed by atoms with Crippen LogP contribution in [0.3, 0.4) is 0 Å². The molecule has 0 unspecified atom stereocenters. The molecule has 0 aliphatic heterocycles. The Bertz CT molecular complexity index is 594. The molecule has 0 amide bonds. The second kappa shape index (κ2) is 5.14. The molecule has 100 valence electrons. The summed E-state index contributed by atoms with van der Waals surface area (Å²) in [7, 11) is 1.44. The Morgan fingerprint density at radius 1 is 1.11 bits per heavy atom. The Morgan fingerprint density at radius 3 is 2.47 bits per heavy atom. The van der Waals surface area contributed by atoms with Crippen molar-refractivity contribution >= 4 is 17.1 Å². The summed E-state index contributed by atoms with van der Waals surface area (Å²) in [5, 5.41) is 2.81. The molecule has 2 aromatic carbocycles. The Balaban J connectivity index is 2.37. The summed E-state index contributed by atoms with van der Waals surface area (Å²) in [6, 6.07) is 6.99. The van der Waals surface area contributed by atoms with Gasteiger partial charge >= 0.3 is 0 Å². The van der Waals surface area contributed by atoms with Gasteiger partial charge in [-0.25, -0.2) is 8.78 Å². The second-order valence-corrected chi connectivity index (χ2v) is 4.22. The van der Waals surface area contributed by atoms with Crippen LogP contribution in [0.4, 0.5) is 25.8 Å². The number of halogens is 2. The lowest BCUT2D eigenvalue weighted by atomic mass is 10.2. The van der Waals surface area contributed by atoms with Gasteiger partial charge in [-0.3, -0.25) is 0 Å². The van der Waals surface area contributed by atoms with Gasteiger partial charge < -0.3 is 15.8 Å². The van der Waals surface area contributed by atoms with Crippen LogP contribution in [0, 0.1) is 18.6 Å². The summed E-state index contributed by atoms with van der Waals surface area (Å²) in [6.07, 6.45) is 0. The van der Waals surface area contributed by atoms with Crippen LogP contribution in [0.15, 0.2) is 30.3 Å². The Labute approximate surface area is 110 Å². The molecule has 3 nitrogen and oxygen atoms in total. The van der Waals surface area contributed by atoms with Crippen LogP contribution in [0.1, 0.15) is 5.56 Å². The number of nitrogens with one attached hydrogen (secondary N) is 1. The summed E-state index contributed by atoms with van der Waals surface area (Å²) in [5.74, 6) is -0.553. The molecule has 0 bridgehead atoms. The van der Waals surface area contributed by atoms with E-state index in [-0.39, 0.29) is 17.2 Å². The normalized spacial score (nSPS) is 10.3. The fraction of sp³-hybridized carbons (Fsp3) is 0.143. The lowest BCUT2D eigenvalue weighted by molar-refractivity contribution is 0.416. The largest absolute Gasteiger partial charge is 0.495 e. The average molecular weight is 264 g/mol. The topological polar surface area (TPSA) is 47.3 Å². The highest BCUT2D eigenvalue weighted by molar-refractivity contribution is 5.67. The van der Waals surface area contributed by atoms with Crippen LogP contribution < -0.4 is 15.8 Å². The first-order valence-electron chi connectivity index (χ1n) is 5.67. The van der Waals surface area contributed by atoms with E-state index >= 15 is 0 Å². The predicted octanol–water partition coefficient (Wildman–Crippen LogP) is 3.61. The maximum Gasteiger partial charge on any atom is 0.148 e. The number of ether oxygens (including phenoxy) is 1. The van der Waals surface area contributed by atoms with E-state index < -0.39 is 5.82 Å². The number of hydrogen-bond acceptors (Lipinski definition) is 3. The fourth-order valence-electron chi connectivity index (χ4n) is 1.81. The Morgan fingerprint density at radius 2 is 1.84 bits per heavy atom. The first kappa shape index (κ1) is 13.1. The van der Waals surface area contributed by atoms with Crippen LogP contribution in [0.25, 0.3) is 0 Å². The molecule has 0 spiro atoms. The molecule has 2 aromatic rings. The summed E-state index contributed by atoms with van der Waals surface area (Å²) >= 11 is 0. The van der Waals surface area contributed by atoms with E-state index in [9.17, 15) is 8.78 Å². The molecule has 0 atom stereocenters. The molecule has 3 N–H and O–H groups in total. The minimum atomic E-state index is -0.528. The standard InChI is InChI=1S/C14H14F2N2O/c1-8-3-9(15)5-10(4-8)18-13-7-14(19-2)12(17)6-11(13)16/h3-7,18H,17H2,1-2H3. The highest BCUT2D eigenvalue weighted by Crippen LogP contribution is 2.30. The summed E-state index contributed by atoms with van der Waals surface area (Å²) in [5.41, 5.74) is 7.18. The Hall–Kier alpha value is -2.30. The summed E-state index contributed by atoms with van der Waals surface area (Å²) in [6.45, 7) is 1.76. The molecule has 0 aliphatic carbocycles. The van der Waals surface area contributed by atoms with Gasteiger partial charge in [-0.15, -0.1) is 0 Å². The van der Waals surface area contributed by atoms with E-state index in [1.807, 2.05) is 0 Å². The third-order valence-electron chi connectivity index (χ3n) is 2.64. The fourth-order valence-corrected chi connectivity index (χ4v) is 1.81. The van der Waals surface area contributed by atoms with Gasteiger partial charge in [-0.2, -0.15) is 0 Å². The molecular weight excluding hydrogens is 250 g/mol. The molecule has 0 aromatic heterocycles. The number of methoxy groups -OCH3 is 1. The SMILES string of the molecule is COc1cc(Nc2cc(C)cc(F)c2)c(F)cc1N. The molecule has 0 aliphatic rings. The predicted molar refractivity (Wildman–Crippen MR) is 71.8 cm³/mol. The molecule has 0 radical (unpaired) electrons. The van der Waals surface area contributed by atoms with Gasteiger partial charge in [0.15, 0.2) is 0 Å². The molecule has 0 saturated heterocycles. The van der Waals surface area contributed by atoms with Crippen molar-refractivity contribution in [3.05, 3.63) is 47.5 Å². The number of nitrogen functional groups attached to an aromatic ring is 1. The first-order chi connectivity index (χ1) is 8.99. The monoisotopic (exact) mass is 264 g/mol. The lowest BCUT2D eigenvalue weighted by Crippen LogP contribution is -1.99. The summed E-state index contributed by atoms with van der Waals surface area (Å²) in [4.78, 5) is 0. The van der Waals surface area contributed by atoms with Crippen molar-refractivity contribution < 1.29 is 13.5 Å². The van der Waals surface area contributed by atoms with Crippen molar-refractivity contribution in [2.75, 3.05) is 18.2 Å². The summed E-state index contributed by atoms with van der Waals surface area (Å²) < 4.78 is 32.0. The third-order valence-corrected chi connectivity index (χ3v) is 2.64. The zero-order valence-electron chi connectivity index (χ0n) is 10.6. The van der Waals surface area contributed by atoms with Crippen LogP contribution in [-0.4, -0.2) is 7.11 Å². The molecule has 5 heteroatoms. The quantitative estimate of drug-likeness (QED) is 0.832. The van der Waals surface area contributed by atoms with Gasteiger partial charge in [0.25, 0.3) is 0 Å². The minimum Gasteiger partial charge on any atom is -0.495 e. The maximum absolute atomic E-state index is 13.8. The van der Waals surface area contributed by atoms with E-state index in [2.05, 4.69) is 5.32 Å². The van der Waals surface area contributed by atoms with Crippen molar-refractivity contribution in [2.45, 2.75) is 6.92 Å². The lowest BCUT2D eigenvalue weighted by Gasteiger charge is -2.12. The third kappa shape index (κ3) is 2.93. The van der Waals surface area contributed by atoms with Gasteiger partial charge in [-0.1, -0.05) is 0 Å². The van der Waals surface area contributed by atoms with Crippen molar-refractivity contribution in [3.63, 3.8) is 0 Å². The average Bonchev–Trinajstić information content (AvgIpc) is 2.31. The maximum atomic E-state index is 13.8. The van der Waals surface area contributed by atoms with Gasteiger partial charge in [-0.05, 0) is 30.7 Å². The molecule has 0 saturated carbocycles. The highest BCUT2D eigenvalue weighted by atomic mass is 19.1. The molecule has 0 heterocycles. The Kier molecular flexibility index (Phi) is 3.55. The number of nitrogens with two attached hydrogens (primary N) is 1. The van der Waals surface area contributed by atoms with Crippen LogP contribution in [0.2, 0.25) is 0 Å². The smallest absolute Gasteiger partial charge is 0.148 e. The molecule has 2 rings (SSSR count). The van der Waals surface area contributed by atoms with Crippen LogP contribution in [-0.2, 0) is 0 Å². The van der Waals surface area contributed by atoms with Crippen LogP contribution in [0.5, 0.6) is 5.75 Å². The van der Waals surface area contributed by atoms with Crippen molar-refractivity contribution in [2.24, 2.45) is 0 Å². The van der Waals surface area contributed by atoms with Gasteiger partial charge in [0, 0.05) is 17.8 Å². The van der Waals surface area contributed by atoms with E-state index in [0.29, 0.717) is 11.4 Å². The van der Waals surface area contributed by atoms with Gasteiger partial charge in [0.1, 0.15) is 17.4 Å². The van der Waals surface area contributed by atoms with Gasteiger partial charge in [0.2, 0.25) is 0 Å². The van der Waals surface area contributed by atoms with E-state index in [1.54, 1.807) is 13.0 Å². The molecular formula is C14H14F2N2O. The number of rotatable bonds is 3. The van der Waals surface area contributed by atoms with Crippen molar-refractivity contribution in [3.8, 4) is 5.75 Å². The van der Waals surface area contributed by atoms with E-state index in [1.165, 1.54) is 25.3 Å². The van der Waals surface area contributed by atoms with Gasteiger partial charge in [0.05, 0.1) is 18.5 Å². The zero-order chi connectivity index (χ0) is 14.0. The number of anilines is 3. The first-order valence-corrected chi connectivity index (χ1v) is 5.67.